The third-order valence-electron chi connectivity index (χ3n) is 3.02. The number of rotatable bonds is 6. The van der Waals surface area contributed by atoms with E-state index in [2.05, 4.69) is 29.8 Å². The van der Waals surface area contributed by atoms with E-state index < -0.39 is 0 Å². The molecule has 0 aliphatic carbocycles. The molecule has 2 aromatic rings. The summed E-state index contributed by atoms with van der Waals surface area (Å²) in [5, 5.41) is 8.73. The zero-order chi connectivity index (χ0) is 14.5. The average molecular weight is 272 g/mol. The quantitative estimate of drug-likeness (QED) is 0.818. The van der Waals surface area contributed by atoms with Gasteiger partial charge in [0, 0.05) is 19.5 Å². The van der Waals surface area contributed by atoms with E-state index in [-0.39, 0.29) is 0 Å². The Labute approximate surface area is 119 Å². The highest BCUT2D eigenvalue weighted by atomic mass is 16.3. The molecule has 5 heteroatoms. The summed E-state index contributed by atoms with van der Waals surface area (Å²) in [4.78, 5) is 6.64. The van der Waals surface area contributed by atoms with Gasteiger partial charge in [0.15, 0.2) is 5.58 Å². The van der Waals surface area contributed by atoms with Crippen LogP contribution in [0.1, 0.15) is 26.2 Å². The summed E-state index contributed by atoms with van der Waals surface area (Å²) in [6, 6.07) is 7.72. The fourth-order valence-corrected chi connectivity index (χ4v) is 2.23. The molecule has 0 amide bonds. The molecular weight excluding hydrogens is 252 g/mol. The van der Waals surface area contributed by atoms with Gasteiger partial charge in [0.05, 0.1) is 18.3 Å². The summed E-state index contributed by atoms with van der Waals surface area (Å²) < 4.78 is 5.73. The van der Waals surface area contributed by atoms with Gasteiger partial charge in [-0.25, -0.2) is 4.98 Å². The number of nitrogens with two attached hydrogens (primary N) is 1. The van der Waals surface area contributed by atoms with Crippen LogP contribution in [0, 0.1) is 17.2 Å². The molecular formula is C15H20N4O. The molecule has 106 valence electrons. The molecule has 0 bridgehead atoms. The third kappa shape index (κ3) is 3.49. The van der Waals surface area contributed by atoms with Crippen molar-refractivity contribution in [1.29, 1.82) is 5.26 Å². The van der Waals surface area contributed by atoms with E-state index in [0.29, 0.717) is 41.6 Å². The molecule has 0 saturated heterocycles. The number of oxazole rings is 1. The lowest BCUT2D eigenvalue weighted by molar-refractivity contribution is 0.221. The molecule has 0 saturated carbocycles. The predicted octanol–water partition coefficient (Wildman–Crippen LogP) is 2.78. The van der Waals surface area contributed by atoms with Gasteiger partial charge in [0.2, 0.25) is 5.89 Å². The van der Waals surface area contributed by atoms with Crippen molar-refractivity contribution >= 4 is 16.8 Å². The van der Waals surface area contributed by atoms with Crippen LogP contribution >= 0.6 is 0 Å². The zero-order valence-electron chi connectivity index (χ0n) is 12.0. The lowest BCUT2D eigenvalue weighted by Gasteiger charge is -2.21. The van der Waals surface area contributed by atoms with E-state index in [4.69, 9.17) is 15.4 Å². The predicted molar refractivity (Wildman–Crippen MR) is 78.8 cm³/mol. The van der Waals surface area contributed by atoms with Gasteiger partial charge >= 0.3 is 0 Å². The van der Waals surface area contributed by atoms with Gasteiger partial charge in [-0.1, -0.05) is 19.9 Å². The van der Waals surface area contributed by atoms with E-state index in [1.54, 1.807) is 0 Å². The van der Waals surface area contributed by atoms with Crippen LogP contribution in [-0.4, -0.2) is 23.0 Å². The number of para-hydroxylation sites is 1. The van der Waals surface area contributed by atoms with Crippen LogP contribution < -0.4 is 5.73 Å². The van der Waals surface area contributed by atoms with Crippen LogP contribution in [0.4, 0.5) is 5.69 Å². The van der Waals surface area contributed by atoms with Crippen molar-refractivity contribution < 1.29 is 4.42 Å². The molecule has 5 nitrogen and oxygen atoms in total. The smallest absolute Gasteiger partial charge is 0.209 e. The number of aromatic nitrogens is 1. The second-order valence-corrected chi connectivity index (χ2v) is 5.34. The van der Waals surface area contributed by atoms with Gasteiger partial charge in [0.25, 0.3) is 0 Å². The first kappa shape index (κ1) is 14.4. The molecule has 20 heavy (non-hydrogen) atoms. The Morgan fingerprint density at radius 2 is 2.25 bits per heavy atom. The minimum atomic E-state index is 0.509. The van der Waals surface area contributed by atoms with Crippen LogP contribution in [-0.2, 0) is 6.54 Å². The average Bonchev–Trinajstić information content (AvgIpc) is 2.79. The number of hydrogen-bond acceptors (Lipinski definition) is 5. The third-order valence-corrected chi connectivity index (χ3v) is 3.02. The molecule has 2 rings (SSSR count). The van der Waals surface area contributed by atoms with Crippen molar-refractivity contribution in [3.63, 3.8) is 0 Å². The van der Waals surface area contributed by atoms with Crippen molar-refractivity contribution in [3.8, 4) is 6.07 Å². The summed E-state index contributed by atoms with van der Waals surface area (Å²) in [7, 11) is 0. The molecule has 0 radical (unpaired) electrons. The Hall–Kier alpha value is -2.06. The first-order valence-corrected chi connectivity index (χ1v) is 6.83. The van der Waals surface area contributed by atoms with Crippen LogP contribution in [0.15, 0.2) is 22.6 Å². The monoisotopic (exact) mass is 272 g/mol. The molecule has 1 aromatic carbocycles. The van der Waals surface area contributed by atoms with Crippen molar-refractivity contribution in [1.82, 2.24) is 9.88 Å². The number of nitrogen functional groups attached to an aromatic ring is 1. The van der Waals surface area contributed by atoms with Gasteiger partial charge in [-0.05, 0) is 18.1 Å². The summed E-state index contributed by atoms with van der Waals surface area (Å²) in [5.74, 6) is 1.18. The number of anilines is 1. The number of hydrogen-bond donors (Lipinski definition) is 1. The van der Waals surface area contributed by atoms with Gasteiger partial charge < -0.3 is 10.2 Å². The molecule has 0 atom stereocenters. The topological polar surface area (TPSA) is 79.1 Å². The van der Waals surface area contributed by atoms with E-state index in [1.807, 2.05) is 18.2 Å². The Morgan fingerprint density at radius 3 is 2.90 bits per heavy atom. The summed E-state index contributed by atoms with van der Waals surface area (Å²) in [6.07, 6.45) is 0.509. The molecule has 0 spiro atoms. The Morgan fingerprint density at radius 1 is 1.45 bits per heavy atom. The molecule has 0 aliphatic rings. The van der Waals surface area contributed by atoms with Crippen molar-refractivity contribution in [3.05, 3.63) is 24.1 Å². The van der Waals surface area contributed by atoms with E-state index in [1.165, 1.54) is 0 Å². The number of nitrogens with zero attached hydrogens (tertiary/aromatic N) is 3. The molecule has 0 fully saturated rings. The lowest BCUT2D eigenvalue weighted by Crippen LogP contribution is -2.28. The van der Waals surface area contributed by atoms with Crippen LogP contribution in [0.2, 0.25) is 0 Å². The lowest BCUT2D eigenvalue weighted by atomic mass is 10.2. The number of benzene rings is 1. The zero-order valence-corrected chi connectivity index (χ0v) is 12.0. The Kier molecular flexibility index (Phi) is 4.59. The summed E-state index contributed by atoms with van der Waals surface area (Å²) in [6.45, 7) is 6.56. The first-order chi connectivity index (χ1) is 9.60. The van der Waals surface area contributed by atoms with Gasteiger partial charge in [-0.3, -0.25) is 4.90 Å². The summed E-state index contributed by atoms with van der Waals surface area (Å²) in [5.41, 5.74) is 7.94. The fraction of sp³-hybridized carbons (Fsp3) is 0.467. The number of fused-ring (bicyclic) bond motifs is 1. The molecule has 2 N–H and O–H groups in total. The molecule has 1 aromatic heterocycles. The molecule has 0 unspecified atom stereocenters. The Balaban J connectivity index is 2.15. The van der Waals surface area contributed by atoms with Gasteiger partial charge in [-0.2, -0.15) is 5.26 Å². The van der Waals surface area contributed by atoms with Crippen LogP contribution in [0.5, 0.6) is 0 Å². The first-order valence-electron chi connectivity index (χ1n) is 6.83. The largest absolute Gasteiger partial charge is 0.439 e. The van der Waals surface area contributed by atoms with Crippen LogP contribution in [0.3, 0.4) is 0 Å². The van der Waals surface area contributed by atoms with Crippen molar-refractivity contribution in [2.75, 3.05) is 18.8 Å². The SMILES string of the molecule is CC(C)CN(CCC#N)Cc1nc2c(N)cccc2o1. The Bertz CT molecular complexity index is 612. The maximum Gasteiger partial charge on any atom is 0.209 e. The van der Waals surface area contributed by atoms with E-state index in [0.717, 1.165) is 13.1 Å². The normalized spacial score (nSPS) is 11.3. The standard InChI is InChI=1S/C15H20N4O/c1-11(2)9-19(8-4-7-16)10-14-18-15-12(17)5-3-6-13(15)20-14/h3,5-6,11H,4,8-10,17H2,1-2H3. The second kappa shape index (κ2) is 6.40. The minimum absolute atomic E-state index is 0.509. The maximum atomic E-state index is 8.73. The summed E-state index contributed by atoms with van der Waals surface area (Å²) >= 11 is 0. The number of nitriles is 1. The minimum Gasteiger partial charge on any atom is -0.439 e. The van der Waals surface area contributed by atoms with E-state index in [9.17, 15) is 0 Å². The highest BCUT2D eigenvalue weighted by Crippen LogP contribution is 2.22. The van der Waals surface area contributed by atoms with Crippen LogP contribution in [0.25, 0.3) is 11.1 Å². The van der Waals surface area contributed by atoms with Crippen molar-refractivity contribution in [2.45, 2.75) is 26.8 Å². The van der Waals surface area contributed by atoms with Crippen molar-refractivity contribution in [2.24, 2.45) is 5.92 Å². The highest BCUT2D eigenvalue weighted by molar-refractivity contribution is 5.85. The highest BCUT2D eigenvalue weighted by Gasteiger charge is 2.13. The van der Waals surface area contributed by atoms with Gasteiger partial charge in [-0.15, -0.1) is 0 Å². The van der Waals surface area contributed by atoms with Gasteiger partial charge in [0.1, 0.15) is 5.52 Å². The molecule has 0 aliphatic heterocycles. The maximum absolute atomic E-state index is 8.73. The molecule has 1 heterocycles. The second-order valence-electron chi connectivity index (χ2n) is 5.34. The van der Waals surface area contributed by atoms with E-state index >= 15 is 0 Å². The fourth-order valence-electron chi connectivity index (χ4n) is 2.23.